The lowest BCUT2D eigenvalue weighted by Crippen LogP contribution is -2.66. The minimum Gasteiger partial charge on any atom is -0.458 e. The van der Waals surface area contributed by atoms with Crippen molar-refractivity contribution in [1.82, 2.24) is 0 Å². The van der Waals surface area contributed by atoms with Crippen LogP contribution in [0.2, 0.25) is 0 Å². The lowest BCUT2D eigenvalue weighted by molar-refractivity contribution is -0.360. The molecule has 0 aromatic heterocycles. The number of carbonyl (C=O) groups is 1. The van der Waals surface area contributed by atoms with E-state index in [0.717, 1.165) is 31.3 Å². The van der Waals surface area contributed by atoms with Crippen molar-refractivity contribution in [3.8, 4) is 0 Å². The highest BCUT2D eigenvalue weighted by Crippen LogP contribution is 2.70. The fraction of sp³-hybridized carbons (Fsp3) is 0.914. The van der Waals surface area contributed by atoms with Crippen molar-refractivity contribution in [1.29, 1.82) is 0 Å². The predicted molar refractivity (Wildman–Crippen MR) is 167 cm³/mol. The quantitative estimate of drug-likeness (QED) is 0.126. The summed E-state index contributed by atoms with van der Waals surface area (Å²) in [6, 6.07) is 0. The van der Waals surface area contributed by atoms with Gasteiger partial charge in [0.25, 0.3) is 0 Å². The van der Waals surface area contributed by atoms with E-state index in [4.69, 9.17) is 23.7 Å². The van der Waals surface area contributed by atoms with Crippen molar-refractivity contribution in [2.45, 2.75) is 151 Å². The van der Waals surface area contributed by atoms with Gasteiger partial charge in [0.1, 0.15) is 49.3 Å². The van der Waals surface area contributed by atoms with Crippen LogP contribution in [-0.4, -0.2) is 139 Å². The second-order valence-corrected chi connectivity index (χ2v) is 16.5. The normalized spacial score (nSPS) is 56.0. The molecule has 3 heterocycles. The van der Waals surface area contributed by atoms with E-state index in [0.29, 0.717) is 25.7 Å². The number of hydrogen-bond acceptors (Lipinski definition) is 14. The molecule has 4 saturated carbocycles. The van der Waals surface area contributed by atoms with Crippen molar-refractivity contribution < 1.29 is 69.3 Å². The molecule has 0 bridgehead atoms. The number of esters is 1. The molecule has 7 aliphatic rings. The minimum absolute atomic E-state index is 0.0175. The molecule has 0 aromatic carbocycles. The molecule has 0 radical (unpaired) electrons. The van der Waals surface area contributed by atoms with Gasteiger partial charge in [0.15, 0.2) is 12.6 Å². The predicted octanol–water partition coefficient (Wildman–Crippen LogP) is -0.749. The summed E-state index contributed by atoms with van der Waals surface area (Å²) >= 11 is 0. The monoisotopic (exact) mass is 698 g/mol. The van der Waals surface area contributed by atoms with E-state index in [1.807, 2.05) is 0 Å². The molecular formula is C35H54O14. The molecule has 0 spiro atoms. The summed E-state index contributed by atoms with van der Waals surface area (Å²) in [7, 11) is 0. The molecule has 0 amide bonds. The second kappa shape index (κ2) is 13.0. The van der Waals surface area contributed by atoms with Gasteiger partial charge in [-0.2, -0.15) is 0 Å². The van der Waals surface area contributed by atoms with Crippen LogP contribution in [0.25, 0.3) is 0 Å². The summed E-state index contributed by atoms with van der Waals surface area (Å²) in [6.45, 7) is 5.54. The van der Waals surface area contributed by atoms with Gasteiger partial charge >= 0.3 is 5.97 Å². The Labute approximate surface area is 285 Å². The minimum atomic E-state index is -1.67. The number of aliphatic hydroxyl groups is 8. The van der Waals surface area contributed by atoms with Crippen molar-refractivity contribution in [2.24, 2.45) is 34.5 Å². The standard InChI is InChI=1S/C35H54O14/c1-15-30(49-32-28(42)26(40)25(39)22(13-36)48-32)27(41)29(43)31(46-15)47-18-6-8-33(2)17(11-18)4-5-20-24(33)21(37)12-34(3)19(7-9-35(20,34)44)16-10-23(38)45-14-16/h10,15,17-22,24-32,36-37,39-44H,4-9,11-14H2,1-3H3/t15-,17-,18-,19-,20-,21+,22-,24-,25-,26+,27-,28+,29-,30+,31-,32+,33+,34-,35+/m0/s1. The largest absolute Gasteiger partial charge is 0.458 e. The summed E-state index contributed by atoms with van der Waals surface area (Å²) in [5.41, 5.74) is -0.847. The Hall–Kier alpha value is -1.27. The zero-order valence-electron chi connectivity index (χ0n) is 28.4. The van der Waals surface area contributed by atoms with Gasteiger partial charge in [-0.1, -0.05) is 13.8 Å². The Bertz CT molecular complexity index is 1280. The Morgan fingerprint density at radius 3 is 2.29 bits per heavy atom. The topological polar surface area (TPSA) is 225 Å². The van der Waals surface area contributed by atoms with Gasteiger partial charge in [0.2, 0.25) is 0 Å². The van der Waals surface area contributed by atoms with Crippen LogP contribution in [-0.2, 0) is 28.5 Å². The van der Waals surface area contributed by atoms with Crippen LogP contribution in [0.3, 0.4) is 0 Å². The highest BCUT2D eigenvalue weighted by atomic mass is 16.7. The van der Waals surface area contributed by atoms with Gasteiger partial charge in [-0.3, -0.25) is 0 Å². The van der Waals surface area contributed by atoms with Crippen molar-refractivity contribution in [2.75, 3.05) is 13.2 Å². The molecule has 14 heteroatoms. The van der Waals surface area contributed by atoms with E-state index in [9.17, 15) is 45.6 Å². The number of ether oxygens (including phenoxy) is 5. The maximum atomic E-state index is 12.5. The lowest BCUT2D eigenvalue weighted by Gasteiger charge is -2.65. The second-order valence-electron chi connectivity index (χ2n) is 16.5. The summed E-state index contributed by atoms with van der Waals surface area (Å²) in [4.78, 5) is 11.9. The zero-order valence-corrected chi connectivity index (χ0v) is 28.4. The third kappa shape index (κ3) is 5.64. The first-order chi connectivity index (χ1) is 23.1. The van der Waals surface area contributed by atoms with Crippen molar-refractivity contribution >= 4 is 5.97 Å². The molecule has 49 heavy (non-hydrogen) atoms. The van der Waals surface area contributed by atoms with E-state index >= 15 is 0 Å². The summed E-state index contributed by atoms with van der Waals surface area (Å²) in [5.74, 6) is -0.342. The Balaban J connectivity index is 0.995. The molecule has 14 nitrogen and oxygen atoms in total. The first-order valence-corrected chi connectivity index (χ1v) is 18.0. The molecule has 3 aliphatic heterocycles. The van der Waals surface area contributed by atoms with E-state index < -0.39 is 85.1 Å². The van der Waals surface area contributed by atoms with E-state index in [1.165, 1.54) is 0 Å². The van der Waals surface area contributed by atoms with Gasteiger partial charge < -0.3 is 64.5 Å². The van der Waals surface area contributed by atoms with Crippen LogP contribution in [0.15, 0.2) is 11.6 Å². The first kappa shape index (κ1) is 36.1. The van der Waals surface area contributed by atoms with Gasteiger partial charge in [-0.25, -0.2) is 4.79 Å². The lowest BCUT2D eigenvalue weighted by atomic mass is 9.42. The van der Waals surface area contributed by atoms with Crippen LogP contribution in [0.4, 0.5) is 0 Å². The summed E-state index contributed by atoms with van der Waals surface area (Å²) in [5, 5.41) is 86.6. The zero-order chi connectivity index (χ0) is 35.2. The molecule has 4 aliphatic carbocycles. The smallest absolute Gasteiger partial charge is 0.331 e. The Morgan fingerprint density at radius 2 is 1.59 bits per heavy atom. The van der Waals surface area contributed by atoms with Crippen molar-refractivity contribution in [3.63, 3.8) is 0 Å². The van der Waals surface area contributed by atoms with Crippen LogP contribution in [0, 0.1) is 34.5 Å². The SMILES string of the molecule is C[C@@H]1O[C@@H](O[C@H]2CC[C@]3(C)[C@@H](CC[C@H]4[C@H]3[C@H](O)C[C@@]3(C)[C@H](C5=CC(=O)OC5)CC[C@@]43O)C2)[C@@H](O)[C@H](O)[C@@H]1O[C@H]1O[C@@H](CO)[C@H](O)[C@@H](O)[C@H]1O. The summed E-state index contributed by atoms with van der Waals surface area (Å²) < 4.78 is 28.7. The van der Waals surface area contributed by atoms with Gasteiger partial charge in [0, 0.05) is 11.5 Å². The number of rotatable bonds is 6. The third-order valence-corrected chi connectivity index (χ3v) is 14.1. The number of cyclic esters (lactones) is 1. The molecule has 19 atom stereocenters. The Morgan fingerprint density at radius 1 is 0.878 bits per heavy atom. The molecule has 7 rings (SSSR count). The Kier molecular flexibility index (Phi) is 9.57. The third-order valence-electron chi connectivity index (χ3n) is 14.1. The molecule has 278 valence electrons. The highest BCUT2D eigenvalue weighted by Gasteiger charge is 2.70. The van der Waals surface area contributed by atoms with Crippen molar-refractivity contribution in [3.05, 3.63) is 11.6 Å². The molecule has 0 unspecified atom stereocenters. The average Bonchev–Trinajstić information content (AvgIpc) is 3.60. The van der Waals surface area contributed by atoms with Crippen LogP contribution in [0.5, 0.6) is 0 Å². The molecular weight excluding hydrogens is 644 g/mol. The molecule has 2 saturated heterocycles. The number of hydrogen-bond donors (Lipinski definition) is 8. The molecule has 8 N–H and O–H groups in total. The fourth-order valence-corrected chi connectivity index (χ4v) is 11.4. The van der Waals surface area contributed by atoms with Crippen LogP contribution in [0.1, 0.15) is 72.1 Å². The maximum absolute atomic E-state index is 12.5. The number of carbonyl (C=O) groups excluding carboxylic acids is 1. The van der Waals surface area contributed by atoms with Crippen LogP contribution >= 0.6 is 0 Å². The van der Waals surface area contributed by atoms with Gasteiger partial charge in [0.05, 0.1) is 30.5 Å². The summed E-state index contributed by atoms with van der Waals surface area (Å²) in [6.07, 6.45) is -7.62. The van der Waals surface area contributed by atoms with Gasteiger partial charge in [-0.15, -0.1) is 0 Å². The first-order valence-electron chi connectivity index (χ1n) is 18.0. The van der Waals surface area contributed by atoms with Crippen LogP contribution < -0.4 is 0 Å². The number of fused-ring (bicyclic) bond motifs is 5. The van der Waals surface area contributed by atoms with E-state index in [2.05, 4.69) is 13.8 Å². The van der Waals surface area contributed by atoms with E-state index in [1.54, 1.807) is 13.0 Å². The number of aliphatic hydroxyl groups excluding tert-OH is 7. The molecule has 6 fully saturated rings. The highest BCUT2D eigenvalue weighted by molar-refractivity contribution is 5.85. The molecule has 0 aromatic rings. The fourth-order valence-electron chi connectivity index (χ4n) is 11.4. The van der Waals surface area contributed by atoms with E-state index in [-0.39, 0.29) is 47.8 Å². The maximum Gasteiger partial charge on any atom is 0.331 e. The van der Waals surface area contributed by atoms with Gasteiger partial charge in [-0.05, 0) is 93.0 Å². The average molecular weight is 699 g/mol.